The molecule has 104 valence electrons. The first-order chi connectivity index (χ1) is 9.78. The SMILES string of the molecule is CNC(Cc1ccncc1Cl)c1ccc2c(c1)COC2. The highest BCUT2D eigenvalue weighted by Gasteiger charge is 2.16. The van der Waals surface area contributed by atoms with Crippen molar-refractivity contribution in [1.29, 1.82) is 0 Å². The van der Waals surface area contributed by atoms with Crippen molar-refractivity contribution < 1.29 is 4.74 Å². The predicted molar refractivity (Wildman–Crippen MR) is 79.7 cm³/mol. The van der Waals surface area contributed by atoms with E-state index in [-0.39, 0.29) is 6.04 Å². The first-order valence-corrected chi connectivity index (χ1v) is 7.11. The number of hydrogen-bond acceptors (Lipinski definition) is 3. The summed E-state index contributed by atoms with van der Waals surface area (Å²) in [5, 5.41) is 4.09. The highest BCUT2D eigenvalue weighted by atomic mass is 35.5. The van der Waals surface area contributed by atoms with E-state index in [0.29, 0.717) is 0 Å². The van der Waals surface area contributed by atoms with E-state index in [1.54, 1.807) is 12.4 Å². The number of aromatic nitrogens is 1. The number of nitrogens with one attached hydrogen (secondary N) is 1. The Bertz CT molecular complexity index is 615. The Morgan fingerprint density at radius 2 is 2.15 bits per heavy atom. The van der Waals surface area contributed by atoms with Gasteiger partial charge in [-0.05, 0) is 41.8 Å². The lowest BCUT2D eigenvalue weighted by Gasteiger charge is -2.18. The standard InChI is InChI=1S/C16H17ClN2O/c1-18-16(7-11-4-5-19-8-15(11)17)12-2-3-13-9-20-10-14(13)6-12/h2-6,8,16,18H,7,9-10H2,1H3. The molecule has 1 atom stereocenters. The van der Waals surface area contributed by atoms with Crippen LogP contribution in [0.25, 0.3) is 0 Å². The zero-order valence-electron chi connectivity index (χ0n) is 11.4. The van der Waals surface area contributed by atoms with Crippen LogP contribution >= 0.6 is 11.6 Å². The van der Waals surface area contributed by atoms with Gasteiger partial charge in [-0.15, -0.1) is 0 Å². The summed E-state index contributed by atoms with van der Waals surface area (Å²) in [7, 11) is 1.98. The molecule has 4 heteroatoms. The summed E-state index contributed by atoms with van der Waals surface area (Å²) in [5.41, 5.74) is 4.97. The molecule has 2 aromatic rings. The molecule has 0 aliphatic carbocycles. The fourth-order valence-corrected chi connectivity index (χ4v) is 2.78. The molecule has 3 rings (SSSR count). The van der Waals surface area contributed by atoms with Gasteiger partial charge in [0.05, 0.1) is 18.2 Å². The van der Waals surface area contributed by atoms with Crippen LogP contribution in [0, 0.1) is 0 Å². The number of likely N-dealkylation sites (N-methyl/N-ethyl adjacent to an activating group) is 1. The first-order valence-electron chi connectivity index (χ1n) is 6.73. The van der Waals surface area contributed by atoms with Gasteiger partial charge >= 0.3 is 0 Å². The van der Waals surface area contributed by atoms with Gasteiger partial charge in [0, 0.05) is 18.4 Å². The Hall–Kier alpha value is -1.42. The van der Waals surface area contributed by atoms with Crippen LogP contribution in [0.4, 0.5) is 0 Å². The number of pyridine rings is 1. The van der Waals surface area contributed by atoms with Gasteiger partial charge in [-0.1, -0.05) is 29.8 Å². The summed E-state index contributed by atoms with van der Waals surface area (Å²) in [6, 6.07) is 8.78. The third-order valence-electron chi connectivity index (χ3n) is 3.78. The fourth-order valence-electron chi connectivity index (χ4n) is 2.58. The number of halogens is 1. The third kappa shape index (κ3) is 2.70. The van der Waals surface area contributed by atoms with Crippen molar-refractivity contribution in [3.63, 3.8) is 0 Å². The van der Waals surface area contributed by atoms with Gasteiger partial charge in [0.15, 0.2) is 0 Å². The Morgan fingerprint density at radius 1 is 1.30 bits per heavy atom. The van der Waals surface area contributed by atoms with Crippen LogP contribution in [0.3, 0.4) is 0 Å². The van der Waals surface area contributed by atoms with E-state index in [1.807, 2.05) is 13.1 Å². The van der Waals surface area contributed by atoms with Crippen LogP contribution in [0.15, 0.2) is 36.7 Å². The van der Waals surface area contributed by atoms with Crippen molar-refractivity contribution in [1.82, 2.24) is 10.3 Å². The Kier molecular flexibility index (Phi) is 4.01. The zero-order valence-corrected chi connectivity index (χ0v) is 12.2. The number of rotatable bonds is 4. The molecule has 0 radical (unpaired) electrons. The molecule has 0 bridgehead atoms. The Balaban J connectivity index is 1.85. The van der Waals surface area contributed by atoms with Gasteiger partial charge in [-0.3, -0.25) is 4.98 Å². The molecule has 2 heterocycles. The molecule has 1 aliphatic rings. The van der Waals surface area contributed by atoms with Crippen LogP contribution in [0.2, 0.25) is 5.02 Å². The van der Waals surface area contributed by atoms with Crippen molar-refractivity contribution in [2.45, 2.75) is 25.7 Å². The normalized spacial score (nSPS) is 15.1. The van der Waals surface area contributed by atoms with Crippen LogP contribution in [0.5, 0.6) is 0 Å². The molecular formula is C16H17ClN2O. The fraction of sp³-hybridized carbons (Fsp3) is 0.312. The van der Waals surface area contributed by atoms with Crippen LogP contribution < -0.4 is 5.32 Å². The number of nitrogens with zero attached hydrogens (tertiary/aromatic N) is 1. The highest BCUT2D eigenvalue weighted by molar-refractivity contribution is 6.31. The first kappa shape index (κ1) is 13.6. The maximum Gasteiger partial charge on any atom is 0.0725 e. The summed E-state index contributed by atoms with van der Waals surface area (Å²) in [4.78, 5) is 4.03. The third-order valence-corrected chi connectivity index (χ3v) is 4.12. The van der Waals surface area contributed by atoms with Crippen molar-refractivity contribution >= 4 is 11.6 Å². The van der Waals surface area contributed by atoms with E-state index in [1.165, 1.54) is 16.7 Å². The Morgan fingerprint density at radius 3 is 2.95 bits per heavy atom. The topological polar surface area (TPSA) is 34.2 Å². The number of fused-ring (bicyclic) bond motifs is 1. The molecule has 1 aromatic heterocycles. The van der Waals surface area contributed by atoms with Crippen LogP contribution in [0.1, 0.15) is 28.3 Å². The second-order valence-electron chi connectivity index (χ2n) is 5.03. The van der Waals surface area contributed by atoms with E-state index >= 15 is 0 Å². The minimum atomic E-state index is 0.237. The molecule has 0 fully saturated rings. The molecule has 0 spiro atoms. The largest absolute Gasteiger partial charge is 0.372 e. The molecule has 1 N–H and O–H groups in total. The minimum absolute atomic E-state index is 0.237. The summed E-state index contributed by atoms with van der Waals surface area (Å²) in [6.07, 6.45) is 4.32. The van der Waals surface area contributed by atoms with Gasteiger partial charge < -0.3 is 10.1 Å². The molecule has 1 aliphatic heterocycles. The van der Waals surface area contributed by atoms with E-state index in [2.05, 4.69) is 28.5 Å². The zero-order chi connectivity index (χ0) is 13.9. The average molecular weight is 289 g/mol. The monoisotopic (exact) mass is 288 g/mol. The van der Waals surface area contributed by atoms with Crippen LogP contribution in [-0.4, -0.2) is 12.0 Å². The van der Waals surface area contributed by atoms with Crippen molar-refractivity contribution in [2.75, 3.05) is 7.05 Å². The van der Waals surface area contributed by atoms with Crippen LogP contribution in [-0.2, 0) is 24.4 Å². The van der Waals surface area contributed by atoms with E-state index in [9.17, 15) is 0 Å². The lowest BCUT2D eigenvalue weighted by atomic mass is 9.96. The van der Waals surface area contributed by atoms with Crippen molar-refractivity contribution in [2.24, 2.45) is 0 Å². The average Bonchev–Trinajstić information content (AvgIpc) is 2.94. The second kappa shape index (κ2) is 5.92. The molecule has 3 nitrogen and oxygen atoms in total. The van der Waals surface area contributed by atoms with Gasteiger partial charge in [-0.25, -0.2) is 0 Å². The number of benzene rings is 1. The summed E-state index contributed by atoms with van der Waals surface area (Å²) < 4.78 is 5.47. The summed E-state index contributed by atoms with van der Waals surface area (Å²) >= 11 is 6.20. The summed E-state index contributed by atoms with van der Waals surface area (Å²) in [5.74, 6) is 0. The van der Waals surface area contributed by atoms with Gasteiger partial charge in [0.1, 0.15) is 0 Å². The lowest BCUT2D eigenvalue weighted by molar-refractivity contribution is 0.134. The maximum atomic E-state index is 6.20. The molecule has 0 saturated heterocycles. The van der Waals surface area contributed by atoms with Gasteiger partial charge in [0.25, 0.3) is 0 Å². The summed E-state index contributed by atoms with van der Waals surface area (Å²) in [6.45, 7) is 1.45. The number of ether oxygens (including phenoxy) is 1. The number of hydrogen-bond donors (Lipinski definition) is 1. The molecule has 1 unspecified atom stereocenters. The van der Waals surface area contributed by atoms with Gasteiger partial charge in [0.2, 0.25) is 0 Å². The smallest absolute Gasteiger partial charge is 0.0725 e. The molecular weight excluding hydrogens is 272 g/mol. The highest BCUT2D eigenvalue weighted by Crippen LogP contribution is 2.27. The molecule has 0 saturated carbocycles. The molecule has 20 heavy (non-hydrogen) atoms. The van der Waals surface area contributed by atoms with E-state index in [4.69, 9.17) is 16.3 Å². The Labute approximate surface area is 123 Å². The molecule has 0 amide bonds. The maximum absolute atomic E-state index is 6.20. The van der Waals surface area contributed by atoms with E-state index in [0.717, 1.165) is 30.2 Å². The van der Waals surface area contributed by atoms with Crippen molar-refractivity contribution in [3.8, 4) is 0 Å². The van der Waals surface area contributed by atoms with Gasteiger partial charge in [-0.2, -0.15) is 0 Å². The lowest BCUT2D eigenvalue weighted by Crippen LogP contribution is -2.19. The minimum Gasteiger partial charge on any atom is -0.372 e. The van der Waals surface area contributed by atoms with Crippen molar-refractivity contribution in [3.05, 3.63) is 63.9 Å². The predicted octanol–water partition coefficient (Wildman–Crippen LogP) is 3.27. The van der Waals surface area contributed by atoms with E-state index < -0.39 is 0 Å². The second-order valence-corrected chi connectivity index (χ2v) is 5.44. The molecule has 1 aromatic carbocycles. The quantitative estimate of drug-likeness (QED) is 0.937.